The Balaban J connectivity index is 2.28. The molecule has 0 saturated heterocycles. The molecule has 3 rings (SSSR count). The molecule has 3 nitrogen and oxygen atoms in total. The van der Waals surface area contributed by atoms with Crippen LogP contribution in [0.4, 0.5) is 10.2 Å². The van der Waals surface area contributed by atoms with Crippen molar-refractivity contribution in [1.82, 2.24) is 5.16 Å². The summed E-state index contributed by atoms with van der Waals surface area (Å²) in [6.45, 7) is 0. The van der Waals surface area contributed by atoms with Crippen molar-refractivity contribution in [3.63, 3.8) is 0 Å². The summed E-state index contributed by atoms with van der Waals surface area (Å²) < 4.78 is 18.6. The average Bonchev–Trinajstić information content (AvgIpc) is 2.81. The van der Waals surface area contributed by atoms with Gasteiger partial charge in [-0.15, -0.1) is 0 Å². The third-order valence-corrected chi connectivity index (χ3v) is 3.65. The average molecular weight is 323 g/mol. The van der Waals surface area contributed by atoms with E-state index in [4.69, 9.17) is 33.5 Å². The lowest BCUT2D eigenvalue weighted by Gasteiger charge is -2.07. The van der Waals surface area contributed by atoms with E-state index in [2.05, 4.69) is 5.16 Å². The summed E-state index contributed by atoms with van der Waals surface area (Å²) in [5.41, 5.74) is 7.34. The van der Waals surface area contributed by atoms with Gasteiger partial charge in [-0.3, -0.25) is 0 Å². The molecule has 6 heteroatoms. The van der Waals surface area contributed by atoms with E-state index in [1.165, 1.54) is 12.1 Å². The predicted octanol–water partition coefficient (Wildman–Crippen LogP) is 5.04. The van der Waals surface area contributed by atoms with E-state index in [9.17, 15) is 4.39 Å². The molecule has 106 valence electrons. The molecular formula is C15H9Cl2FN2O. The summed E-state index contributed by atoms with van der Waals surface area (Å²) >= 11 is 12.4. The van der Waals surface area contributed by atoms with Crippen LogP contribution >= 0.6 is 23.2 Å². The van der Waals surface area contributed by atoms with E-state index < -0.39 is 5.82 Å². The van der Waals surface area contributed by atoms with E-state index in [1.54, 1.807) is 30.3 Å². The minimum Gasteiger partial charge on any atom is -0.380 e. The molecule has 0 amide bonds. The molecule has 2 N–H and O–H groups in total. The van der Waals surface area contributed by atoms with Gasteiger partial charge in [0.1, 0.15) is 5.82 Å². The van der Waals surface area contributed by atoms with E-state index in [0.29, 0.717) is 32.5 Å². The molecule has 1 heterocycles. The first-order valence-corrected chi connectivity index (χ1v) is 6.79. The second-order valence-corrected chi connectivity index (χ2v) is 5.19. The van der Waals surface area contributed by atoms with Crippen LogP contribution in [0.15, 0.2) is 47.0 Å². The SMILES string of the molecule is Nc1noc(-c2cccc(F)c2)c1-c1c(Cl)cccc1Cl. The monoisotopic (exact) mass is 322 g/mol. The summed E-state index contributed by atoms with van der Waals surface area (Å²) in [6, 6.07) is 11.0. The highest BCUT2D eigenvalue weighted by Gasteiger charge is 2.22. The Morgan fingerprint density at radius 3 is 2.33 bits per heavy atom. The predicted molar refractivity (Wildman–Crippen MR) is 81.8 cm³/mol. The van der Waals surface area contributed by atoms with Gasteiger partial charge < -0.3 is 10.3 Å². The van der Waals surface area contributed by atoms with Gasteiger partial charge in [0.25, 0.3) is 0 Å². The van der Waals surface area contributed by atoms with Gasteiger partial charge in [-0.25, -0.2) is 4.39 Å². The van der Waals surface area contributed by atoms with Gasteiger partial charge in [-0.1, -0.05) is 46.6 Å². The Kier molecular flexibility index (Phi) is 3.57. The second kappa shape index (κ2) is 5.39. The summed E-state index contributed by atoms with van der Waals surface area (Å²) in [5, 5.41) is 4.57. The van der Waals surface area contributed by atoms with Crippen molar-refractivity contribution < 1.29 is 8.91 Å². The van der Waals surface area contributed by atoms with Crippen molar-refractivity contribution in [2.45, 2.75) is 0 Å². The van der Waals surface area contributed by atoms with Crippen LogP contribution < -0.4 is 5.73 Å². The zero-order chi connectivity index (χ0) is 15.0. The Morgan fingerprint density at radius 2 is 1.67 bits per heavy atom. The lowest BCUT2D eigenvalue weighted by Crippen LogP contribution is -1.91. The number of aromatic nitrogens is 1. The van der Waals surface area contributed by atoms with E-state index in [-0.39, 0.29) is 5.82 Å². The molecule has 0 aliphatic rings. The number of rotatable bonds is 2. The molecule has 0 bridgehead atoms. The highest BCUT2D eigenvalue weighted by molar-refractivity contribution is 6.39. The van der Waals surface area contributed by atoms with Crippen molar-refractivity contribution in [1.29, 1.82) is 0 Å². The Labute approximate surface area is 130 Å². The first-order valence-electron chi connectivity index (χ1n) is 6.03. The molecule has 0 unspecified atom stereocenters. The van der Waals surface area contributed by atoms with Crippen molar-refractivity contribution in [2.24, 2.45) is 0 Å². The van der Waals surface area contributed by atoms with Crippen LogP contribution in [0.3, 0.4) is 0 Å². The van der Waals surface area contributed by atoms with Crippen molar-refractivity contribution in [2.75, 3.05) is 5.73 Å². The number of nitrogen functional groups attached to an aromatic ring is 1. The molecule has 0 saturated carbocycles. The fraction of sp³-hybridized carbons (Fsp3) is 0. The molecule has 21 heavy (non-hydrogen) atoms. The molecule has 0 aliphatic carbocycles. The van der Waals surface area contributed by atoms with Crippen molar-refractivity contribution in [3.8, 4) is 22.5 Å². The van der Waals surface area contributed by atoms with E-state index >= 15 is 0 Å². The van der Waals surface area contributed by atoms with E-state index in [1.807, 2.05) is 0 Å². The number of anilines is 1. The lowest BCUT2D eigenvalue weighted by molar-refractivity contribution is 0.436. The van der Waals surface area contributed by atoms with Gasteiger partial charge in [0.2, 0.25) is 0 Å². The number of hydrogen-bond acceptors (Lipinski definition) is 3. The van der Waals surface area contributed by atoms with Crippen LogP contribution in [-0.4, -0.2) is 5.16 Å². The fourth-order valence-corrected chi connectivity index (χ4v) is 2.69. The topological polar surface area (TPSA) is 52.0 Å². The minimum absolute atomic E-state index is 0.143. The van der Waals surface area contributed by atoms with Crippen LogP contribution in [0.1, 0.15) is 0 Å². The van der Waals surface area contributed by atoms with Gasteiger partial charge in [0.15, 0.2) is 11.6 Å². The normalized spacial score (nSPS) is 10.8. The quantitative estimate of drug-likeness (QED) is 0.719. The Morgan fingerprint density at radius 1 is 1.00 bits per heavy atom. The molecule has 2 aromatic carbocycles. The van der Waals surface area contributed by atoms with Gasteiger partial charge in [0.05, 0.1) is 15.6 Å². The molecule has 3 aromatic rings. The van der Waals surface area contributed by atoms with Crippen molar-refractivity contribution >= 4 is 29.0 Å². The maximum Gasteiger partial charge on any atom is 0.177 e. The maximum absolute atomic E-state index is 13.4. The van der Waals surface area contributed by atoms with E-state index in [0.717, 1.165) is 0 Å². The fourth-order valence-electron chi connectivity index (χ4n) is 2.11. The van der Waals surface area contributed by atoms with Gasteiger partial charge in [-0.05, 0) is 24.3 Å². The van der Waals surface area contributed by atoms with Crippen LogP contribution in [0, 0.1) is 5.82 Å². The number of hydrogen-bond donors (Lipinski definition) is 1. The zero-order valence-electron chi connectivity index (χ0n) is 10.6. The molecule has 0 fully saturated rings. The van der Waals surface area contributed by atoms with Gasteiger partial charge >= 0.3 is 0 Å². The van der Waals surface area contributed by atoms with Crippen LogP contribution in [0.5, 0.6) is 0 Å². The molecule has 0 atom stereocenters. The Hall–Kier alpha value is -2.04. The molecule has 1 aromatic heterocycles. The summed E-state index contributed by atoms with van der Waals surface area (Å²) in [4.78, 5) is 0. The third-order valence-electron chi connectivity index (χ3n) is 3.02. The van der Waals surface area contributed by atoms with Crippen LogP contribution in [-0.2, 0) is 0 Å². The molecular weight excluding hydrogens is 314 g/mol. The highest BCUT2D eigenvalue weighted by atomic mass is 35.5. The van der Waals surface area contributed by atoms with Crippen LogP contribution in [0.2, 0.25) is 10.0 Å². The lowest BCUT2D eigenvalue weighted by atomic mass is 10.0. The first-order chi connectivity index (χ1) is 10.1. The van der Waals surface area contributed by atoms with Crippen molar-refractivity contribution in [3.05, 3.63) is 58.3 Å². The number of halogens is 3. The standard InChI is InChI=1S/C15H9Cl2FN2O/c16-10-5-2-6-11(17)12(10)13-14(21-20-15(13)19)8-3-1-4-9(18)7-8/h1-7H,(H2,19,20). The number of benzene rings is 2. The van der Waals surface area contributed by atoms with Crippen LogP contribution in [0.25, 0.3) is 22.5 Å². The molecule has 0 aliphatic heterocycles. The summed E-state index contributed by atoms with van der Waals surface area (Å²) in [6.07, 6.45) is 0. The third kappa shape index (κ3) is 2.48. The Bertz CT molecular complexity index is 797. The number of nitrogens with zero attached hydrogens (tertiary/aromatic N) is 1. The largest absolute Gasteiger partial charge is 0.380 e. The van der Waals surface area contributed by atoms with Gasteiger partial charge in [-0.2, -0.15) is 0 Å². The zero-order valence-corrected chi connectivity index (χ0v) is 12.1. The second-order valence-electron chi connectivity index (χ2n) is 4.38. The maximum atomic E-state index is 13.4. The molecule has 0 radical (unpaired) electrons. The first kappa shape index (κ1) is 13.9. The smallest absolute Gasteiger partial charge is 0.177 e. The molecule has 0 spiro atoms. The minimum atomic E-state index is -0.390. The summed E-state index contributed by atoms with van der Waals surface area (Å²) in [7, 11) is 0. The highest BCUT2D eigenvalue weighted by Crippen LogP contribution is 2.43. The van der Waals surface area contributed by atoms with Gasteiger partial charge in [0, 0.05) is 11.1 Å². The number of nitrogens with two attached hydrogens (primary N) is 1. The summed E-state index contributed by atoms with van der Waals surface area (Å²) in [5.74, 6) is 0.0740.